The molecule has 1 saturated heterocycles. The van der Waals surface area contributed by atoms with Crippen LogP contribution in [0.5, 0.6) is 0 Å². The van der Waals surface area contributed by atoms with Gasteiger partial charge >= 0.3 is 0 Å². The fourth-order valence-corrected chi connectivity index (χ4v) is 3.80. The lowest BCUT2D eigenvalue weighted by molar-refractivity contribution is -0.136. The Morgan fingerprint density at radius 1 is 1.26 bits per heavy atom. The second-order valence-electron chi connectivity index (χ2n) is 7.07. The quantitative estimate of drug-likeness (QED) is 0.523. The van der Waals surface area contributed by atoms with E-state index in [0.717, 1.165) is 43.9 Å². The molecule has 2 heterocycles. The zero-order chi connectivity index (χ0) is 19.4. The molecule has 3 amide bonds. The summed E-state index contributed by atoms with van der Waals surface area (Å²) in [5.74, 6) is -0.743. The molecule has 2 N–H and O–H groups in total. The molecule has 3 rings (SSSR count). The van der Waals surface area contributed by atoms with Crippen molar-refractivity contribution < 1.29 is 14.4 Å². The molecule has 27 heavy (non-hydrogen) atoms. The summed E-state index contributed by atoms with van der Waals surface area (Å²) in [7, 11) is 0. The van der Waals surface area contributed by atoms with E-state index in [-0.39, 0.29) is 24.1 Å². The number of hydrogen-bond acceptors (Lipinski definition) is 5. The number of imide groups is 1. The Morgan fingerprint density at radius 3 is 2.78 bits per heavy atom. The van der Waals surface area contributed by atoms with Gasteiger partial charge in [-0.15, -0.1) is 0 Å². The summed E-state index contributed by atoms with van der Waals surface area (Å²) in [6.45, 7) is 9.20. The number of benzene rings is 1. The number of hydrogen-bond donors (Lipinski definition) is 2. The van der Waals surface area contributed by atoms with Crippen LogP contribution < -0.4 is 10.6 Å². The predicted octanol–water partition coefficient (Wildman–Crippen LogP) is 0.879. The first kappa shape index (κ1) is 19.5. The molecule has 0 aromatic heterocycles. The van der Waals surface area contributed by atoms with E-state index in [4.69, 9.17) is 0 Å². The molecule has 0 saturated carbocycles. The summed E-state index contributed by atoms with van der Waals surface area (Å²) in [6.07, 6.45) is 0.668. The van der Waals surface area contributed by atoms with Gasteiger partial charge in [-0.25, -0.2) is 0 Å². The number of carbonyl (C=O) groups excluding carboxylic acids is 3. The fraction of sp³-hybridized carbons (Fsp3) is 0.550. The minimum absolute atomic E-state index is 0.114. The van der Waals surface area contributed by atoms with Gasteiger partial charge in [0.1, 0.15) is 6.04 Å². The summed E-state index contributed by atoms with van der Waals surface area (Å²) in [6, 6.07) is 5.25. The highest BCUT2D eigenvalue weighted by Gasteiger charge is 2.39. The van der Waals surface area contributed by atoms with Gasteiger partial charge in [0.05, 0.1) is 0 Å². The molecule has 0 bridgehead atoms. The molecule has 7 nitrogen and oxygen atoms in total. The maximum atomic E-state index is 12.9. The van der Waals surface area contributed by atoms with Crippen molar-refractivity contribution in [3.63, 3.8) is 0 Å². The number of rotatable bonds is 8. The van der Waals surface area contributed by atoms with Crippen LogP contribution in [-0.4, -0.2) is 59.7 Å². The van der Waals surface area contributed by atoms with Crippen molar-refractivity contribution in [3.05, 3.63) is 34.9 Å². The molecular weight excluding hydrogens is 344 g/mol. The molecule has 2 aliphatic heterocycles. The predicted molar refractivity (Wildman–Crippen MR) is 102 cm³/mol. The maximum Gasteiger partial charge on any atom is 0.255 e. The Morgan fingerprint density at radius 2 is 2.07 bits per heavy atom. The van der Waals surface area contributed by atoms with E-state index in [1.165, 1.54) is 0 Å². The SMILES string of the molecule is CCNCCN(CC)Cc1cccc2c1CN(C1CCC(=O)NC1=O)C2=O. The molecule has 0 radical (unpaired) electrons. The highest BCUT2D eigenvalue weighted by Crippen LogP contribution is 2.30. The van der Waals surface area contributed by atoms with Gasteiger partial charge in [-0.3, -0.25) is 24.6 Å². The van der Waals surface area contributed by atoms with Gasteiger partial charge in [0, 0.05) is 38.2 Å². The highest BCUT2D eigenvalue weighted by molar-refractivity contribution is 6.05. The van der Waals surface area contributed by atoms with Gasteiger partial charge in [-0.1, -0.05) is 26.0 Å². The van der Waals surface area contributed by atoms with Crippen molar-refractivity contribution in [3.8, 4) is 0 Å². The van der Waals surface area contributed by atoms with E-state index in [0.29, 0.717) is 18.5 Å². The molecule has 0 aliphatic carbocycles. The highest BCUT2D eigenvalue weighted by atomic mass is 16.2. The molecule has 1 aromatic carbocycles. The molecule has 2 aliphatic rings. The van der Waals surface area contributed by atoms with Gasteiger partial charge in [0.2, 0.25) is 11.8 Å². The number of nitrogens with zero attached hydrogens (tertiary/aromatic N) is 2. The molecule has 0 spiro atoms. The Hall–Kier alpha value is -2.25. The van der Waals surface area contributed by atoms with Crippen LogP contribution >= 0.6 is 0 Å². The minimum Gasteiger partial charge on any atom is -0.322 e. The van der Waals surface area contributed by atoms with Crippen LogP contribution in [0.4, 0.5) is 0 Å². The van der Waals surface area contributed by atoms with E-state index in [1.54, 1.807) is 4.90 Å². The number of carbonyl (C=O) groups is 3. The van der Waals surface area contributed by atoms with Crippen molar-refractivity contribution in [2.75, 3.05) is 26.2 Å². The van der Waals surface area contributed by atoms with Crippen molar-refractivity contribution in [1.29, 1.82) is 0 Å². The third-order valence-corrected chi connectivity index (χ3v) is 5.38. The Balaban J connectivity index is 1.75. The Kier molecular flexibility index (Phi) is 6.23. The Bertz CT molecular complexity index is 734. The average Bonchev–Trinajstić information content (AvgIpc) is 2.99. The van der Waals surface area contributed by atoms with Gasteiger partial charge < -0.3 is 10.2 Å². The summed E-state index contributed by atoms with van der Waals surface area (Å²) in [5, 5.41) is 5.69. The van der Waals surface area contributed by atoms with Crippen LogP contribution in [-0.2, 0) is 22.7 Å². The lowest BCUT2D eigenvalue weighted by Crippen LogP contribution is -2.52. The number of likely N-dealkylation sites (N-methyl/N-ethyl adjacent to an activating group) is 2. The van der Waals surface area contributed by atoms with E-state index in [9.17, 15) is 14.4 Å². The topological polar surface area (TPSA) is 81.8 Å². The van der Waals surface area contributed by atoms with Gasteiger partial charge in [0.25, 0.3) is 5.91 Å². The van der Waals surface area contributed by atoms with Gasteiger partial charge in [0.15, 0.2) is 0 Å². The molecule has 7 heteroatoms. The zero-order valence-corrected chi connectivity index (χ0v) is 16.1. The fourth-order valence-electron chi connectivity index (χ4n) is 3.80. The minimum atomic E-state index is -0.563. The third-order valence-electron chi connectivity index (χ3n) is 5.38. The molecule has 1 unspecified atom stereocenters. The van der Waals surface area contributed by atoms with E-state index >= 15 is 0 Å². The van der Waals surface area contributed by atoms with Crippen LogP contribution in [0, 0.1) is 0 Å². The number of nitrogens with one attached hydrogen (secondary N) is 2. The molecule has 1 fully saturated rings. The van der Waals surface area contributed by atoms with Crippen LogP contribution in [0.25, 0.3) is 0 Å². The monoisotopic (exact) mass is 372 g/mol. The zero-order valence-electron chi connectivity index (χ0n) is 16.1. The molecule has 1 atom stereocenters. The van der Waals surface area contributed by atoms with Crippen molar-refractivity contribution >= 4 is 17.7 Å². The largest absolute Gasteiger partial charge is 0.322 e. The van der Waals surface area contributed by atoms with Crippen molar-refractivity contribution in [2.24, 2.45) is 0 Å². The standard InChI is InChI=1S/C20H28N4O3/c1-3-21-10-11-23(4-2)12-14-6-5-7-15-16(14)13-24(20(15)27)17-8-9-18(25)22-19(17)26/h5-7,17,21H,3-4,8-13H2,1-2H3,(H,22,25,26). The van der Waals surface area contributed by atoms with E-state index in [1.807, 2.05) is 12.1 Å². The van der Waals surface area contributed by atoms with Crippen molar-refractivity contribution in [2.45, 2.75) is 45.8 Å². The molecule has 1 aromatic rings. The van der Waals surface area contributed by atoms with Gasteiger partial charge in [-0.05, 0) is 36.7 Å². The van der Waals surface area contributed by atoms with E-state index in [2.05, 4.69) is 35.4 Å². The second-order valence-corrected chi connectivity index (χ2v) is 7.07. The van der Waals surface area contributed by atoms with Crippen LogP contribution in [0.2, 0.25) is 0 Å². The first-order valence-electron chi connectivity index (χ1n) is 9.73. The van der Waals surface area contributed by atoms with Crippen LogP contribution in [0.1, 0.15) is 48.2 Å². The number of fused-ring (bicyclic) bond motifs is 1. The summed E-state index contributed by atoms with van der Waals surface area (Å²) >= 11 is 0. The van der Waals surface area contributed by atoms with Crippen molar-refractivity contribution in [1.82, 2.24) is 20.4 Å². The van der Waals surface area contributed by atoms with Crippen LogP contribution in [0.15, 0.2) is 18.2 Å². The summed E-state index contributed by atoms with van der Waals surface area (Å²) in [5.41, 5.74) is 2.82. The third kappa shape index (κ3) is 4.20. The van der Waals surface area contributed by atoms with Crippen LogP contribution in [0.3, 0.4) is 0 Å². The smallest absolute Gasteiger partial charge is 0.255 e. The Labute approximate surface area is 160 Å². The lowest BCUT2D eigenvalue weighted by atomic mass is 10.0. The van der Waals surface area contributed by atoms with E-state index < -0.39 is 6.04 Å². The normalized spacial score (nSPS) is 19.6. The first-order valence-corrected chi connectivity index (χ1v) is 9.73. The number of amides is 3. The first-order chi connectivity index (χ1) is 13.0. The summed E-state index contributed by atoms with van der Waals surface area (Å²) < 4.78 is 0. The van der Waals surface area contributed by atoms with Gasteiger partial charge in [-0.2, -0.15) is 0 Å². The average molecular weight is 372 g/mol. The second kappa shape index (κ2) is 8.63. The maximum absolute atomic E-state index is 12.9. The summed E-state index contributed by atoms with van der Waals surface area (Å²) in [4.78, 5) is 40.4. The molecular formula is C20H28N4O3. The number of piperidine rings is 1. The molecule has 146 valence electrons. The lowest BCUT2D eigenvalue weighted by Gasteiger charge is -2.29.